The van der Waals surface area contributed by atoms with Crippen LogP contribution >= 0.6 is 0 Å². The Bertz CT molecular complexity index is 961. The van der Waals surface area contributed by atoms with E-state index in [9.17, 15) is 4.79 Å². The number of hydrogen-bond acceptors (Lipinski definition) is 4. The summed E-state index contributed by atoms with van der Waals surface area (Å²) in [6.45, 7) is 2.46. The molecule has 1 fully saturated rings. The molecule has 2 heterocycles. The molecule has 162 valence electrons. The minimum absolute atomic E-state index is 0.251. The first kappa shape index (κ1) is 21.1. The molecule has 0 spiro atoms. The molecule has 1 aliphatic rings. The molecule has 1 amide bonds. The molecule has 1 aromatic heterocycles. The quantitative estimate of drug-likeness (QED) is 0.559. The molecule has 0 bridgehead atoms. The molecule has 0 aliphatic carbocycles. The summed E-state index contributed by atoms with van der Waals surface area (Å²) >= 11 is 0. The Hall–Kier alpha value is -3.15. The summed E-state index contributed by atoms with van der Waals surface area (Å²) in [4.78, 5) is 14.7. The van der Waals surface area contributed by atoms with Crippen LogP contribution in [0.25, 0.3) is 0 Å². The number of benzene rings is 2. The Labute approximate surface area is 183 Å². The van der Waals surface area contributed by atoms with Crippen molar-refractivity contribution in [3.05, 3.63) is 77.9 Å². The molecule has 0 atom stereocenters. The summed E-state index contributed by atoms with van der Waals surface area (Å²) in [5.41, 5.74) is 2.42. The lowest BCUT2D eigenvalue weighted by atomic mass is 9.93. The van der Waals surface area contributed by atoms with Gasteiger partial charge in [-0.3, -0.25) is 4.79 Å². The second kappa shape index (κ2) is 10.2. The summed E-state index contributed by atoms with van der Waals surface area (Å²) in [6, 6.07) is 18.3. The summed E-state index contributed by atoms with van der Waals surface area (Å²) in [5, 5.41) is 8.49. The lowest BCUT2D eigenvalue weighted by Gasteiger charge is -2.32. The Morgan fingerprint density at radius 1 is 1.03 bits per heavy atom. The SMILES string of the molecule is COc1ccc(CCC(=O)N2CCC(Cc3nncn3Cc3ccccc3)CC2)cc1. The van der Waals surface area contributed by atoms with Crippen molar-refractivity contribution < 1.29 is 9.53 Å². The number of amides is 1. The van der Waals surface area contributed by atoms with Crippen LogP contribution < -0.4 is 4.74 Å². The molecule has 2 aromatic carbocycles. The average Bonchev–Trinajstić information content (AvgIpc) is 3.25. The zero-order chi connectivity index (χ0) is 21.5. The first-order chi connectivity index (χ1) is 15.2. The van der Waals surface area contributed by atoms with Crippen LogP contribution in [0.1, 0.15) is 36.2 Å². The van der Waals surface area contributed by atoms with E-state index in [1.807, 2.05) is 41.6 Å². The van der Waals surface area contributed by atoms with Gasteiger partial charge in [0.05, 0.1) is 13.7 Å². The van der Waals surface area contributed by atoms with Gasteiger partial charge in [0.15, 0.2) is 0 Å². The molecule has 6 nitrogen and oxygen atoms in total. The predicted octanol–water partition coefficient (Wildman–Crippen LogP) is 3.75. The highest BCUT2D eigenvalue weighted by molar-refractivity contribution is 5.76. The van der Waals surface area contributed by atoms with Gasteiger partial charge in [-0.05, 0) is 48.4 Å². The summed E-state index contributed by atoms with van der Waals surface area (Å²) in [6.07, 6.45) is 6.10. The van der Waals surface area contributed by atoms with Crippen molar-refractivity contribution in [2.75, 3.05) is 20.2 Å². The molecule has 1 aliphatic heterocycles. The fourth-order valence-electron chi connectivity index (χ4n) is 4.20. The van der Waals surface area contributed by atoms with Crippen LogP contribution in [0, 0.1) is 5.92 Å². The van der Waals surface area contributed by atoms with E-state index in [0.717, 1.165) is 56.9 Å². The van der Waals surface area contributed by atoms with Crippen molar-refractivity contribution in [1.29, 1.82) is 0 Å². The fraction of sp³-hybridized carbons (Fsp3) is 0.400. The van der Waals surface area contributed by atoms with Gasteiger partial charge in [0.2, 0.25) is 5.91 Å². The molecular weight excluding hydrogens is 388 g/mol. The zero-order valence-electron chi connectivity index (χ0n) is 18.1. The van der Waals surface area contributed by atoms with Crippen LogP contribution in [0.3, 0.4) is 0 Å². The van der Waals surface area contributed by atoms with E-state index in [2.05, 4.69) is 39.0 Å². The number of aromatic nitrogens is 3. The Morgan fingerprint density at radius 3 is 2.48 bits per heavy atom. The molecule has 0 saturated carbocycles. The van der Waals surface area contributed by atoms with Crippen molar-refractivity contribution in [1.82, 2.24) is 19.7 Å². The van der Waals surface area contributed by atoms with Crippen molar-refractivity contribution in [3.63, 3.8) is 0 Å². The van der Waals surface area contributed by atoms with Crippen molar-refractivity contribution in [2.24, 2.45) is 5.92 Å². The van der Waals surface area contributed by atoms with Gasteiger partial charge in [0, 0.05) is 25.9 Å². The highest BCUT2D eigenvalue weighted by Crippen LogP contribution is 2.22. The number of carbonyl (C=O) groups excluding carboxylic acids is 1. The van der Waals surface area contributed by atoms with Crippen molar-refractivity contribution >= 4 is 5.91 Å². The Morgan fingerprint density at radius 2 is 1.77 bits per heavy atom. The van der Waals surface area contributed by atoms with E-state index in [-0.39, 0.29) is 5.91 Å². The number of hydrogen-bond donors (Lipinski definition) is 0. The average molecular weight is 419 g/mol. The van der Waals surface area contributed by atoms with E-state index >= 15 is 0 Å². The van der Waals surface area contributed by atoms with Crippen LogP contribution in [-0.2, 0) is 24.2 Å². The van der Waals surface area contributed by atoms with Gasteiger partial charge in [0.25, 0.3) is 0 Å². The largest absolute Gasteiger partial charge is 0.497 e. The highest BCUT2D eigenvalue weighted by atomic mass is 16.5. The maximum absolute atomic E-state index is 12.7. The van der Waals surface area contributed by atoms with E-state index in [0.29, 0.717) is 12.3 Å². The van der Waals surface area contributed by atoms with E-state index in [1.165, 1.54) is 11.1 Å². The zero-order valence-corrected chi connectivity index (χ0v) is 18.1. The third-order valence-electron chi connectivity index (χ3n) is 6.12. The molecule has 3 aromatic rings. The summed E-state index contributed by atoms with van der Waals surface area (Å²) in [5.74, 6) is 2.68. The smallest absolute Gasteiger partial charge is 0.222 e. The number of likely N-dealkylation sites (tertiary alicyclic amines) is 1. The highest BCUT2D eigenvalue weighted by Gasteiger charge is 2.24. The maximum Gasteiger partial charge on any atom is 0.222 e. The maximum atomic E-state index is 12.7. The topological polar surface area (TPSA) is 60.2 Å². The van der Waals surface area contributed by atoms with E-state index in [4.69, 9.17) is 4.74 Å². The predicted molar refractivity (Wildman–Crippen MR) is 120 cm³/mol. The van der Waals surface area contributed by atoms with Gasteiger partial charge >= 0.3 is 0 Å². The number of nitrogens with zero attached hydrogens (tertiary/aromatic N) is 4. The third kappa shape index (κ3) is 5.72. The van der Waals surface area contributed by atoms with Crippen LogP contribution in [-0.4, -0.2) is 45.8 Å². The molecular formula is C25H30N4O2. The van der Waals surface area contributed by atoms with Crippen LogP contribution in [0.5, 0.6) is 5.75 Å². The van der Waals surface area contributed by atoms with E-state index < -0.39 is 0 Å². The van der Waals surface area contributed by atoms with Gasteiger partial charge in [-0.25, -0.2) is 0 Å². The molecule has 4 rings (SSSR count). The fourth-order valence-corrected chi connectivity index (χ4v) is 4.20. The number of piperidine rings is 1. The minimum Gasteiger partial charge on any atom is -0.497 e. The van der Waals surface area contributed by atoms with Gasteiger partial charge in [0.1, 0.15) is 17.9 Å². The van der Waals surface area contributed by atoms with E-state index in [1.54, 1.807) is 7.11 Å². The monoisotopic (exact) mass is 418 g/mol. The first-order valence-corrected chi connectivity index (χ1v) is 11.0. The van der Waals surface area contributed by atoms with Crippen LogP contribution in [0.4, 0.5) is 0 Å². The third-order valence-corrected chi connectivity index (χ3v) is 6.12. The standard InChI is InChI=1S/C25H30N4O2/c1-31-23-10-7-20(8-11-23)9-12-25(30)28-15-13-21(14-16-28)17-24-27-26-19-29(24)18-22-5-3-2-4-6-22/h2-8,10-11,19,21H,9,12-18H2,1H3. The van der Waals surface area contributed by atoms with Gasteiger partial charge in [-0.15, -0.1) is 10.2 Å². The number of methoxy groups -OCH3 is 1. The van der Waals surface area contributed by atoms with Gasteiger partial charge in [-0.2, -0.15) is 0 Å². The summed E-state index contributed by atoms with van der Waals surface area (Å²) < 4.78 is 7.33. The minimum atomic E-state index is 0.251. The van der Waals surface area contributed by atoms with Crippen molar-refractivity contribution in [3.8, 4) is 5.75 Å². The number of carbonyl (C=O) groups is 1. The lowest BCUT2D eigenvalue weighted by Crippen LogP contribution is -2.39. The van der Waals surface area contributed by atoms with Gasteiger partial charge in [-0.1, -0.05) is 42.5 Å². The molecule has 6 heteroatoms. The second-order valence-electron chi connectivity index (χ2n) is 8.24. The summed E-state index contributed by atoms with van der Waals surface area (Å²) in [7, 11) is 1.66. The second-order valence-corrected chi connectivity index (χ2v) is 8.24. The normalized spacial score (nSPS) is 14.5. The molecule has 0 unspecified atom stereocenters. The lowest BCUT2D eigenvalue weighted by molar-refractivity contribution is -0.132. The van der Waals surface area contributed by atoms with Crippen LogP contribution in [0.15, 0.2) is 60.9 Å². The molecule has 31 heavy (non-hydrogen) atoms. The molecule has 0 N–H and O–H groups in total. The Balaban J connectivity index is 1.23. The van der Waals surface area contributed by atoms with Gasteiger partial charge < -0.3 is 14.2 Å². The molecule has 1 saturated heterocycles. The van der Waals surface area contributed by atoms with Crippen molar-refractivity contribution in [2.45, 2.75) is 38.6 Å². The number of ether oxygens (including phenoxy) is 1. The Kier molecular flexibility index (Phi) is 6.97. The number of aryl methyl sites for hydroxylation is 1. The number of rotatable bonds is 8. The first-order valence-electron chi connectivity index (χ1n) is 11.0. The van der Waals surface area contributed by atoms with Crippen LogP contribution in [0.2, 0.25) is 0 Å². The molecule has 0 radical (unpaired) electrons.